The third-order valence-electron chi connectivity index (χ3n) is 11.7. The van der Waals surface area contributed by atoms with Crippen molar-refractivity contribution < 1.29 is 23.8 Å². The Bertz CT molecular complexity index is 2470. The molecule has 0 saturated heterocycles. The van der Waals surface area contributed by atoms with Crippen LogP contribution in [0.25, 0.3) is 11.1 Å². The van der Waals surface area contributed by atoms with Crippen molar-refractivity contribution >= 4 is 23.5 Å². The number of nitrogens with one attached hydrogen (secondary N) is 2. The van der Waals surface area contributed by atoms with Crippen molar-refractivity contribution in [3.05, 3.63) is 177 Å². The van der Waals surface area contributed by atoms with Crippen LogP contribution in [0.1, 0.15) is 69.3 Å². The molecule has 2 aliphatic rings. The molecule has 3 amide bonds. The van der Waals surface area contributed by atoms with E-state index in [1.807, 2.05) is 118 Å². The monoisotopic (exact) mass is 820 g/mol. The van der Waals surface area contributed by atoms with Crippen molar-refractivity contribution in [1.29, 1.82) is 0 Å². The summed E-state index contributed by atoms with van der Waals surface area (Å²) in [7, 11) is 0. The van der Waals surface area contributed by atoms with Gasteiger partial charge in [0, 0.05) is 42.0 Å². The predicted octanol–water partition coefficient (Wildman–Crippen LogP) is 9.98. The smallest absolute Gasteiger partial charge is 0.318 e. The van der Waals surface area contributed by atoms with Crippen LogP contribution in [0.4, 0.5) is 4.79 Å². The van der Waals surface area contributed by atoms with Crippen LogP contribution in [0.5, 0.6) is 17.2 Å². The van der Waals surface area contributed by atoms with Crippen LogP contribution in [0, 0.1) is 20.8 Å². The van der Waals surface area contributed by atoms with E-state index in [1.54, 1.807) is 4.90 Å². The van der Waals surface area contributed by atoms with E-state index in [1.165, 1.54) is 0 Å². The van der Waals surface area contributed by atoms with Crippen LogP contribution in [-0.2, 0) is 30.8 Å². The zero-order valence-electron chi connectivity index (χ0n) is 34.3. The zero-order chi connectivity index (χ0) is 41.8. The number of amides is 3. The minimum Gasteiger partial charge on any atom is -0.489 e. The maximum atomic E-state index is 14.1. The first-order valence-electron chi connectivity index (χ1n) is 20.4. The van der Waals surface area contributed by atoms with Gasteiger partial charge in [-0.15, -0.1) is 0 Å². The minimum absolute atomic E-state index is 0.202. The molecule has 60 heavy (non-hydrogen) atoms. The van der Waals surface area contributed by atoms with Gasteiger partial charge < -0.3 is 29.7 Å². The Morgan fingerprint density at radius 1 is 0.900 bits per heavy atom. The lowest BCUT2D eigenvalue weighted by Crippen LogP contribution is -2.55. The zero-order valence-corrected chi connectivity index (χ0v) is 35.1. The Morgan fingerprint density at radius 3 is 2.43 bits per heavy atom. The summed E-state index contributed by atoms with van der Waals surface area (Å²) >= 11 is 6.41. The number of pyridine rings is 1. The quantitative estimate of drug-likeness (QED) is 0.135. The number of rotatable bonds is 11. The highest BCUT2D eigenvalue weighted by Crippen LogP contribution is 2.41. The van der Waals surface area contributed by atoms with E-state index in [-0.39, 0.29) is 30.6 Å². The first-order valence-corrected chi connectivity index (χ1v) is 20.8. The summed E-state index contributed by atoms with van der Waals surface area (Å²) in [6, 6.07) is 36.5. The molecule has 0 radical (unpaired) electrons. The van der Waals surface area contributed by atoms with Gasteiger partial charge >= 0.3 is 6.03 Å². The van der Waals surface area contributed by atoms with Crippen molar-refractivity contribution in [2.24, 2.45) is 0 Å². The fourth-order valence-electron chi connectivity index (χ4n) is 7.89. The van der Waals surface area contributed by atoms with Gasteiger partial charge in [0.05, 0.1) is 6.04 Å². The van der Waals surface area contributed by atoms with Crippen molar-refractivity contribution in [3.63, 3.8) is 0 Å². The van der Waals surface area contributed by atoms with E-state index in [9.17, 15) is 9.59 Å². The van der Waals surface area contributed by atoms with Crippen LogP contribution < -0.4 is 24.8 Å². The molecule has 0 bridgehead atoms. The normalized spacial score (nSPS) is 16.1. The molecule has 306 valence electrons. The number of benzene rings is 5. The molecule has 0 aliphatic carbocycles. The largest absolute Gasteiger partial charge is 0.489 e. The fraction of sp³-hybridized carbons (Fsp3) is 0.260. The summed E-state index contributed by atoms with van der Waals surface area (Å²) in [5.74, 6) is 1.74. The number of urea groups is 1. The Balaban J connectivity index is 0.951. The summed E-state index contributed by atoms with van der Waals surface area (Å²) in [4.78, 5) is 34.1. The topological polar surface area (TPSA) is 102 Å². The summed E-state index contributed by atoms with van der Waals surface area (Å²) < 4.78 is 18.9. The number of ether oxygens (including phenoxy) is 3. The number of hydrogen-bond donors (Lipinski definition) is 2. The SMILES string of the molecule is Cc1cccc(Cl)c1COc1ccc(C2COc3cc4c(cc3O2)CN(C(=O)N[C@H](C)c2ccccc2)C(C(=O)NCCc2ccc(-c3ccnc(C)c3C)cc2)C4)cc1. The second kappa shape index (κ2) is 17.9. The number of aromatic nitrogens is 1. The summed E-state index contributed by atoms with van der Waals surface area (Å²) in [6.45, 7) is 9.43. The lowest BCUT2D eigenvalue weighted by molar-refractivity contribution is -0.125. The Hall–Kier alpha value is -6.32. The van der Waals surface area contributed by atoms with E-state index in [0.717, 1.165) is 67.1 Å². The molecule has 1 aromatic heterocycles. The average molecular weight is 821 g/mol. The van der Waals surface area contributed by atoms with Gasteiger partial charge in [-0.25, -0.2) is 4.79 Å². The number of carbonyl (C=O) groups excluding carboxylic acids is 2. The molecule has 0 saturated carbocycles. The Kier molecular flexibility index (Phi) is 12.1. The molecule has 10 heteroatoms. The molecule has 2 aliphatic heterocycles. The van der Waals surface area contributed by atoms with E-state index >= 15 is 0 Å². The van der Waals surface area contributed by atoms with E-state index in [0.29, 0.717) is 49.1 Å². The lowest BCUT2D eigenvalue weighted by Gasteiger charge is -2.37. The van der Waals surface area contributed by atoms with Crippen LogP contribution in [0.15, 0.2) is 121 Å². The summed E-state index contributed by atoms with van der Waals surface area (Å²) in [6.07, 6.45) is 2.48. The van der Waals surface area contributed by atoms with Crippen molar-refractivity contribution in [1.82, 2.24) is 20.5 Å². The van der Waals surface area contributed by atoms with E-state index < -0.39 is 6.04 Å². The number of carbonyl (C=O) groups is 2. The van der Waals surface area contributed by atoms with Crippen molar-refractivity contribution in [3.8, 4) is 28.4 Å². The third kappa shape index (κ3) is 8.97. The van der Waals surface area contributed by atoms with Gasteiger partial charge in [0.15, 0.2) is 17.6 Å². The summed E-state index contributed by atoms with van der Waals surface area (Å²) in [5.41, 5.74) is 11.4. The van der Waals surface area contributed by atoms with Gasteiger partial charge in [-0.1, -0.05) is 90.5 Å². The first kappa shape index (κ1) is 40.5. The minimum atomic E-state index is -0.723. The number of nitrogens with zero attached hydrogens (tertiary/aromatic N) is 2. The maximum Gasteiger partial charge on any atom is 0.318 e. The van der Waals surface area contributed by atoms with E-state index in [4.69, 9.17) is 25.8 Å². The van der Waals surface area contributed by atoms with Gasteiger partial charge in [-0.3, -0.25) is 9.78 Å². The van der Waals surface area contributed by atoms with Gasteiger partial charge in [0.2, 0.25) is 5.91 Å². The molecule has 0 spiro atoms. The fourth-order valence-corrected chi connectivity index (χ4v) is 8.17. The molecule has 9 nitrogen and oxygen atoms in total. The molecular weight excluding hydrogens is 772 g/mol. The Labute approximate surface area is 356 Å². The Morgan fingerprint density at radius 2 is 1.67 bits per heavy atom. The molecular formula is C50H49ClN4O5. The highest BCUT2D eigenvalue weighted by Gasteiger charge is 2.37. The van der Waals surface area contributed by atoms with Gasteiger partial charge in [0.1, 0.15) is 25.0 Å². The number of fused-ring (bicyclic) bond motifs is 2. The van der Waals surface area contributed by atoms with Gasteiger partial charge in [-0.2, -0.15) is 0 Å². The highest BCUT2D eigenvalue weighted by atomic mass is 35.5. The number of halogens is 1. The molecule has 5 aromatic carbocycles. The summed E-state index contributed by atoms with van der Waals surface area (Å²) in [5, 5.41) is 6.96. The second-order valence-corrected chi connectivity index (χ2v) is 16.0. The van der Waals surface area contributed by atoms with Gasteiger partial charge in [-0.05, 0) is 121 Å². The lowest BCUT2D eigenvalue weighted by atomic mass is 9.92. The van der Waals surface area contributed by atoms with E-state index in [2.05, 4.69) is 46.8 Å². The highest BCUT2D eigenvalue weighted by molar-refractivity contribution is 6.31. The van der Waals surface area contributed by atoms with Crippen molar-refractivity contribution in [2.45, 2.75) is 71.9 Å². The van der Waals surface area contributed by atoms with Crippen LogP contribution in [-0.4, -0.2) is 41.0 Å². The third-order valence-corrected chi connectivity index (χ3v) is 12.0. The van der Waals surface area contributed by atoms with Crippen LogP contribution in [0.3, 0.4) is 0 Å². The maximum absolute atomic E-state index is 14.1. The molecule has 0 fully saturated rings. The number of aryl methyl sites for hydroxylation is 2. The first-order chi connectivity index (χ1) is 29.1. The van der Waals surface area contributed by atoms with Gasteiger partial charge in [0.25, 0.3) is 0 Å². The van der Waals surface area contributed by atoms with Crippen molar-refractivity contribution in [2.75, 3.05) is 13.2 Å². The van der Waals surface area contributed by atoms with Crippen LogP contribution >= 0.6 is 11.6 Å². The molecule has 8 rings (SSSR count). The standard InChI is InChI=1S/C50H49ClN4O5/c1-31-9-8-12-44(51)43(31)29-58-41-19-17-38(18-20-41)48-30-59-46-26-39-25-45(49(56)53-23-21-35-13-15-37(16-14-35)42-22-24-52-33(3)32(42)2)55(28-40(39)27-47(46)60-48)50(57)54-34(4)36-10-6-5-7-11-36/h5-20,22,24,26-27,34,45,48H,21,23,25,28-30H2,1-4H3,(H,53,56)(H,54,57)/t34-,45?,48?/m1/s1. The molecule has 6 aromatic rings. The molecule has 2 unspecified atom stereocenters. The number of hydrogen-bond acceptors (Lipinski definition) is 6. The van der Waals surface area contributed by atoms with Crippen LogP contribution in [0.2, 0.25) is 5.02 Å². The predicted molar refractivity (Wildman–Crippen MR) is 235 cm³/mol. The molecule has 3 heterocycles. The molecule has 2 N–H and O–H groups in total. The molecule has 3 atom stereocenters. The second-order valence-electron chi connectivity index (χ2n) is 15.6. The average Bonchev–Trinajstić information content (AvgIpc) is 3.26.